The summed E-state index contributed by atoms with van der Waals surface area (Å²) in [5.74, 6) is 0. The van der Waals surface area contributed by atoms with Crippen LogP contribution in [0.4, 0.5) is 0 Å². The van der Waals surface area contributed by atoms with Crippen LogP contribution in [0.3, 0.4) is 0 Å². The summed E-state index contributed by atoms with van der Waals surface area (Å²) in [6.07, 6.45) is 6.27. The van der Waals surface area contributed by atoms with Gasteiger partial charge in [0.15, 0.2) is 0 Å². The van der Waals surface area contributed by atoms with Gasteiger partial charge in [-0.15, -0.1) is 0 Å². The summed E-state index contributed by atoms with van der Waals surface area (Å²) in [6, 6.07) is 2.21. The summed E-state index contributed by atoms with van der Waals surface area (Å²) in [5.41, 5.74) is -0.283. The SMILES string of the molecule is CCC/C=C/C(C)(C)C#N. The lowest BCUT2D eigenvalue weighted by Gasteiger charge is -2.06. The highest BCUT2D eigenvalue weighted by Gasteiger charge is 2.09. The van der Waals surface area contributed by atoms with Gasteiger partial charge in [0.1, 0.15) is 0 Å². The fourth-order valence-electron chi connectivity index (χ4n) is 0.582. The first-order chi connectivity index (χ1) is 4.62. The molecule has 0 N–H and O–H groups in total. The molecule has 0 radical (unpaired) electrons. The summed E-state index contributed by atoms with van der Waals surface area (Å²) < 4.78 is 0. The van der Waals surface area contributed by atoms with Gasteiger partial charge in [0.05, 0.1) is 11.5 Å². The normalized spacial score (nSPS) is 11.8. The maximum atomic E-state index is 8.59. The van der Waals surface area contributed by atoms with Gasteiger partial charge in [0.2, 0.25) is 0 Å². The van der Waals surface area contributed by atoms with E-state index in [1.807, 2.05) is 19.9 Å². The van der Waals surface area contributed by atoms with E-state index in [1.54, 1.807) is 0 Å². The Morgan fingerprint density at radius 1 is 1.50 bits per heavy atom. The topological polar surface area (TPSA) is 23.8 Å². The molecule has 0 aliphatic rings. The Morgan fingerprint density at radius 3 is 2.50 bits per heavy atom. The molecule has 0 aromatic heterocycles. The minimum atomic E-state index is -0.283. The Bertz CT molecular complexity index is 149. The van der Waals surface area contributed by atoms with Crippen LogP contribution < -0.4 is 0 Å². The largest absolute Gasteiger partial charge is 0.197 e. The van der Waals surface area contributed by atoms with Crippen molar-refractivity contribution in [1.29, 1.82) is 5.26 Å². The molecular weight excluding hydrogens is 122 g/mol. The molecule has 0 unspecified atom stereocenters. The minimum Gasteiger partial charge on any atom is -0.197 e. The molecule has 0 aromatic rings. The number of hydrogen-bond acceptors (Lipinski definition) is 1. The van der Waals surface area contributed by atoms with Gasteiger partial charge in [-0.1, -0.05) is 25.5 Å². The van der Waals surface area contributed by atoms with E-state index in [9.17, 15) is 0 Å². The van der Waals surface area contributed by atoms with Gasteiger partial charge < -0.3 is 0 Å². The third-order valence-corrected chi connectivity index (χ3v) is 1.28. The van der Waals surface area contributed by atoms with Crippen molar-refractivity contribution in [2.75, 3.05) is 0 Å². The van der Waals surface area contributed by atoms with Crippen LogP contribution in [0, 0.1) is 16.7 Å². The molecule has 0 aromatic carbocycles. The molecule has 0 fully saturated rings. The molecule has 10 heavy (non-hydrogen) atoms. The molecule has 0 saturated heterocycles. The van der Waals surface area contributed by atoms with E-state index in [0.29, 0.717) is 0 Å². The van der Waals surface area contributed by atoms with Crippen LogP contribution in [0.15, 0.2) is 12.2 Å². The fourth-order valence-corrected chi connectivity index (χ4v) is 0.582. The standard InChI is InChI=1S/C9H15N/c1-4-5-6-7-9(2,3)8-10/h6-7H,4-5H2,1-3H3/b7-6+. The predicted molar refractivity (Wildman–Crippen MR) is 43.4 cm³/mol. The molecule has 1 heteroatoms. The summed E-state index contributed by atoms with van der Waals surface area (Å²) >= 11 is 0. The first-order valence-corrected chi connectivity index (χ1v) is 3.71. The molecule has 0 spiro atoms. The summed E-state index contributed by atoms with van der Waals surface area (Å²) in [7, 11) is 0. The van der Waals surface area contributed by atoms with Crippen molar-refractivity contribution >= 4 is 0 Å². The van der Waals surface area contributed by atoms with Crippen molar-refractivity contribution in [3.8, 4) is 6.07 Å². The maximum Gasteiger partial charge on any atom is 0.0725 e. The molecule has 56 valence electrons. The molecule has 0 rings (SSSR count). The highest BCUT2D eigenvalue weighted by Crippen LogP contribution is 2.14. The molecule has 0 aliphatic heterocycles. The third kappa shape index (κ3) is 4.14. The van der Waals surface area contributed by atoms with Crippen LogP contribution in [-0.2, 0) is 0 Å². The lowest BCUT2D eigenvalue weighted by molar-refractivity contribution is 0.640. The van der Waals surface area contributed by atoms with Crippen molar-refractivity contribution in [3.63, 3.8) is 0 Å². The number of nitriles is 1. The monoisotopic (exact) mass is 137 g/mol. The quantitative estimate of drug-likeness (QED) is 0.549. The fraction of sp³-hybridized carbons (Fsp3) is 0.667. The van der Waals surface area contributed by atoms with Crippen LogP contribution in [0.25, 0.3) is 0 Å². The Labute approximate surface area is 63.4 Å². The second kappa shape index (κ2) is 4.11. The lowest BCUT2D eigenvalue weighted by atomic mass is 9.95. The average molecular weight is 137 g/mol. The molecule has 0 aliphatic carbocycles. The highest BCUT2D eigenvalue weighted by molar-refractivity contribution is 5.07. The highest BCUT2D eigenvalue weighted by atomic mass is 14.3. The number of rotatable bonds is 3. The zero-order chi connectivity index (χ0) is 8.04. The van der Waals surface area contributed by atoms with Crippen molar-refractivity contribution in [2.24, 2.45) is 5.41 Å². The lowest BCUT2D eigenvalue weighted by Crippen LogP contribution is -2.01. The van der Waals surface area contributed by atoms with Gasteiger partial charge in [0, 0.05) is 0 Å². The Kier molecular flexibility index (Phi) is 3.79. The van der Waals surface area contributed by atoms with E-state index in [1.165, 1.54) is 0 Å². The molecule has 0 heterocycles. The van der Waals surface area contributed by atoms with Crippen molar-refractivity contribution in [1.82, 2.24) is 0 Å². The van der Waals surface area contributed by atoms with E-state index < -0.39 is 0 Å². The molecule has 0 bridgehead atoms. The molecular formula is C9H15N. The van der Waals surface area contributed by atoms with Gasteiger partial charge in [0.25, 0.3) is 0 Å². The molecule has 1 nitrogen and oxygen atoms in total. The maximum absolute atomic E-state index is 8.59. The van der Waals surface area contributed by atoms with Gasteiger partial charge >= 0.3 is 0 Å². The third-order valence-electron chi connectivity index (χ3n) is 1.28. The van der Waals surface area contributed by atoms with Crippen LogP contribution >= 0.6 is 0 Å². The van der Waals surface area contributed by atoms with Gasteiger partial charge in [-0.2, -0.15) is 5.26 Å². The average Bonchev–Trinajstić information content (AvgIpc) is 1.89. The predicted octanol–water partition coefficient (Wildman–Crippen LogP) is 2.89. The zero-order valence-corrected chi connectivity index (χ0v) is 7.02. The van der Waals surface area contributed by atoms with E-state index >= 15 is 0 Å². The van der Waals surface area contributed by atoms with Crippen LogP contribution in [0.5, 0.6) is 0 Å². The number of unbranched alkanes of at least 4 members (excludes halogenated alkanes) is 1. The summed E-state index contributed by atoms with van der Waals surface area (Å²) in [4.78, 5) is 0. The number of nitrogens with zero attached hydrogens (tertiary/aromatic N) is 1. The molecule has 0 saturated carbocycles. The van der Waals surface area contributed by atoms with E-state index in [-0.39, 0.29) is 5.41 Å². The van der Waals surface area contributed by atoms with Crippen LogP contribution in [-0.4, -0.2) is 0 Å². The van der Waals surface area contributed by atoms with E-state index in [4.69, 9.17) is 5.26 Å². The smallest absolute Gasteiger partial charge is 0.0725 e. The molecule has 0 amide bonds. The van der Waals surface area contributed by atoms with Crippen LogP contribution in [0.2, 0.25) is 0 Å². The number of allylic oxidation sites excluding steroid dienone is 2. The second-order valence-corrected chi connectivity index (χ2v) is 3.02. The summed E-state index contributed by atoms with van der Waals surface area (Å²) in [6.45, 7) is 5.96. The van der Waals surface area contributed by atoms with Crippen LogP contribution in [0.1, 0.15) is 33.6 Å². The summed E-state index contributed by atoms with van der Waals surface area (Å²) in [5, 5.41) is 8.59. The minimum absolute atomic E-state index is 0.283. The van der Waals surface area contributed by atoms with Gasteiger partial charge in [-0.3, -0.25) is 0 Å². The Balaban J connectivity index is 3.78. The Morgan fingerprint density at radius 2 is 2.10 bits per heavy atom. The Hall–Kier alpha value is -0.770. The first kappa shape index (κ1) is 9.23. The van der Waals surface area contributed by atoms with Crippen molar-refractivity contribution in [3.05, 3.63) is 12.2 Å². The van der Waals surface area contributed by atoms with Gasteiger partial charge in [-0.25, -0.2) is 0 Å². The molecule has 0 atom stereocenters. The van der Waals surface area contributed by atoms with E-state index in [0.717, 1.165) is 12.8 Å². The van der Waals surface area contributed by atoms with Crippen molar-refractivity contribution < 1.29 is 0 Å². The van der Waals surface area contributed by atoms with Gasteiger partial charge in [-0.05, 0) is 20.3 Å². The second-order valence-electron chi connectivity index (χ2n) is 3.02. The zero-order valence-electron chi connectivity index (χ0n) is 7.02. The number of hydrogen-bond donors (Lipinski definition) is 0. The van der Waals surface area contributed by atoms with Crippen molar-refractivity contribution in [2.45, 2.75) is 33.6 Å². The van der Waals surface area contributed by atoms with E-state index in [2.05, 4.69) is 19.1 Å². The first-order valence-electron chi connectivity index (χ1n) is 3.71.